The van der Waals surface area contributed by atoms with Crippen molar-refractivity contribution in [1.29, 1.82) is 0 Å². The second-order valence-electron chi connectivity index (χ2n) is 4.71. The number of hydrogen-bond donors (Lipinski definition) is 1. The standard InChI is InChI=1S/C15H24ClNO2/c1-5-7-19-15-9-13(16)12(10-17-11(3)4)8-14(15)18-6-2/h8-9,11,17H,5-7,10H2,1-4H3. The normalized spacial score (nSPS) is 10.8. The van der Waals surface area contributed by atoms with Gasteiger partial charge in [0.25, 0.3) is 0 Å². The van der Waals surface area contributed by atoms with E-state index in [0.717, 1.165) is 30.0 Å². The zero-order valence-corrected chi connectivity index (χ0v) is 13.0. The lowest BCUT2D eigenvalue weighted by Crippen LogP contribution is -2.22. The molecule has 0 fully saturated rings. The maximum absolute atomic E-state index is 6.29. The Bertz CT molecular complexity index is 394. The third-order valence-corrected chi connectivity index (χ3v) is 2.93. The van der Waals surface area contributed by atoms with Crippen molar-refractivity contribution < 1.29 is 9.47 Å². The molecule has 0 spiro atoms. The van der Waals surface area contributed by atoms with Gasteiger partial charge in [-0.15, -0.1) is 0 Å². The van der Waals surface area contributed by atoms with Crippen LogP contribution in [0.3, 0.4) is 0 Å². The average molecular weight is 286 g/mol. The van der Waals surface area contributed by atoms with Crippen LogP contribution in [0.15, 0.2) is 12.1 Å². The van der Waals surface area contributed by atoms with E-state index in [0.29, 0.717) is 24.3 Å². The van der Waals surface area contributed by atoms with Crippen LogP contribution in [-0.2, 0) is 6.54 Å². The molecule has 19 heavy (non-hydrogen) atoms. The second-order valence-corrected chi connectivity index (χ2v) is 5.11. The fourth-order valence-corrected chi connectivity index (χ4v) is 1.84. The summed E-state index contributed by atoms with van der Waals surface area (Å²) < 4.78 is 11.3. The van der Waals surface area contributed by atoms with Crippen molar-refractivity contribution in [2.75, 3.05) is 13.2 Å². The van der Waals surface area contributed by atoms with Crippen LogP contribution >= 0.6 is 11.6 Å². The van der Waals surface area contributed by atoms with E-state index >= 15 is 0 Å². The number of ether oxygens (including phenoxy) is 2. The van der Waals surface area contributed by atoms with Gasteiger partial charge in [0.1, 0.15) is 0 Å². The van der Waals surface area contributed by atoms with Crippen molar-refractivity contribution >= 4 is 11.6 Å². The second kappa shape index (κ2) is 8.28. The molecule has 0 aromatic heterocycles. The first-order valence-corrected chi connectivity index (χ1v) is 7.27. The predicted molar refractivity (Wildman–Crippen MR) is 80.4 cm³/mol. The lowest BCUT2D eigenvalue weighted by molar-refractivity contribution is 0.276. The SMILES string of the molecule is CCCOc1cc(Cl)c(CNC(C)C)cc1OCC. The van der Waals surface area contributed by atoms with Crippen molar-refractivity contribution in [1.82, 2.24) is 5.32 Å². The zero-order chi connectivity index (χ0) is 14.3. The Morgan fingerprint density at radius 1 is 1.16 bits per heavy atom. The van der Waals surface area contributed by atoms with E-state index in [-0.39, 0.29) is 0 Å². The monoisotopic (exact) mass is 285 g/mol. The van der Waals surface area contributed by atoms with Gasteiger partial charge in [0.2, 0.25) is 0 Å². The molecule has 0 saturated carbocycles. The van der Waals surface area contributed by atoms with Crippen LogP contribution in [0.1, 0.15) is 39.7 Å². The van der Waals surface area contributed by atoms with Gasteiger partial charge >= 0.3 is 0 Å². The molecule has 1 rings (SSSR count). The van der Waals surface area contributed by atoms with Gasteiger partial charge in [-0.2, -0.15) is 0 Å². The maximum atomic E-state index is 6.29. The molecular formula is C15H24ClNO2. The van der Waals surface area contributed by atoms with Crippen molar-refractivity contribution in [3.8, 4) is 11.5 Å². The lowest BCUT2D eigenvalue weighted by Gasteiger charge is -2.15. The first-order chi connectivity index (χ1) is 9.08. The first-order valence-electron chi connectivity index (χ1n) is 6.89. The highest BCUT2D eigenvalue weighted by Crippen LogP contribution is 2.33. The molecule has 1 aromatic rings. The van der Waals surface area contributed by atoms with Gasteiger partial charge in [-0.25, -0.2) is 0 Å². The van der Waals surface area contributed by atoms with Crippen LogP contribution in [0.25, 0.3) is 0 Å². The Kier molecular flexibility index (Phi) is 7.03. The van der Waals surface area contributed by atoms with E-state index in [1.807, 2.05) is 19.1 Å². The molecule has 0 aliphatic heterocycles. The summed E-state index contributed by atoms with van der Waals surface area (Å²) in [5.41, 5.74) is 1.03. The molecule has 0 unspecified atom stereocenters. The highest BCUT2D eigenvalue weighted by atomic mass is 35.5. The predicted octanol–water partition coefficient (Wildman–Crippen LogP) is 4.03. The van der Waals surface area contributed by atoms with Crippen LogP contribution in [0.2, 0.25) is 5.02 Å². The minimum atomic E-state index is 0.419. The van der Waals surface area contributed by atoms with Crippen LogP contribution in [0, 0.1) is 0 Å². The van der Waals surface area contributed by atoms with E-state index in [1.165, 1.54) is 0 Å². The fraction of sp³-hybridized carbons (Fsp3) is 0.600. The van der Waals surface area contributed by atoms with Gasteiger partial charge in [0.15, 0.2) is 11.5 Å². The summed E-state index contributed by atoms with van der Waals surface area (Å²) in [5, 5.41) is 4.06. The van der Waals surface area contributed by atoms with Gasteiger partial charge in [-0.3, -0.25) is 0 Å². The van der Waals surface area contributed by atoms with Gasteiger partial charge in [-0.1, -0.05) is 32.4 Å². The van der Waals surface area contributed by atoms with Crippen molar-refractivity contribution in [2.24, 2.45) is 0 Å². The smallest absolute Gasteiger partial charge is 0.162 e. The summed E-state index contributed by atoms with van der Waals surface area (Å²) in [4.78, 5) is 0. The number of hydrogen-bond acceptors (Lipinski definition) is 3. The topological polar surface area (TPSA) is 30.5 Å². The molecule has 0 amide bonds. The molecule has 108 valence electrons. The van der Waals surface area contributed by atoms with E-state index in [9.17, 15) is 0 Å². The van der Waals surface area contributed by atoms with Crippen LogP contribution in [0.5, 0.6) is 11.5 Å². The van der Waals surface area contributed by atoms with Gasteiger partial charge in [-0.05, 0) is 25.0 Å². The highest BCUT2D eigenvalue weighted by Gasteiger charge is 2.11. The fourth-order valence-electron chi connectivity index (χ4n) is 1.62. The molecule has 0 atom stereocenters. The molecule has 0 aliphatic carbocycles. The maximum Gasteiger partial charge on any atom is 0.162 e. The van der Waals surface area contributed by atoms with E-state index in [1.54, 1.807) is 0 Å². The molecule has 4 heteroatoms. The molecule has 0 aliphatic rings. The van der Waals surface area contributed by atoms with Gasteiger partial charge in [0.05, 0.1) is 13.2 Å². The Morgan fingerprint density at radius 2 is 1.84 bits per heavy atom. The van der Waals surface area contributed by atoms with Gasteiger partial charge in [0, 0.05) is 23.7 Å². The molecule has 0 radical (unpaired) electrons. The van der Waals surface area contributed by atoms with Crippen molar-refractivity contribution in [3.63, 3.8) is 0 Å². The lowest BCUT2D eigenvalue weighted by atomic mass is 10.2. The van der Waals surface area contributed by atoms with E-state index in [4.69, 9.17) is 21.1 Å². The third kappa shape index (κ3) is 5.29. The van der Waals surface area contributed by atoms with Crippen LogP contribution in [-0.4, -0.2) is 19.3 Å². The molecule has 0 heterocycles. The number of rotatable bonds is 8. The van der Waals surface area contributed by atoms with E-state index < -0.39 is 0 Å². The molecule has 0 saturated heterocycles. The van der Waals surface area contributed by atoms with Crippen LogP contribution < -0.4 is 14.8 Å². The molecule has 0 bridgehead atoms. The summed E-state index contributed by atoms with van der Waals surface area (Å²) in [6, 6.07) is 4.23. The zero-order valence-electron chi connectivity index (χ0n) is 12.3. The first kappa shape index (κ1) is 16.1. The largest absolute Gasteiger partial charge is 0.490 e. The molecule has 1 aromatic carbocycles. The third-order valence-electron chi connectivity index (χ3n) is 2.58. The van der Waals surface area contributed by atoms with Crippen molar-refractivity contribution in [2.45, 2.75) is 46.7 Å². The van der Waals surface area contributed by atoms with E-state index in [2.05, 4.69) is 26.1 Å². The Balaban J connectivity index is 2.91. The minimum absolute atomic E-state index is 0.419. The molecular weight excluding hydrogens is 262 g/mol. The summed E-state index contributed by atoms with van der Waals surface area (Å²) >= 11 is 6.29. The Labute approximate surface area is 121 Å². The highest BCUT2D eigenvalue weighted by molar-refractivity contribution is 6.31. The number of nitrogens with one attached hydrogen (secondary N) is 1. The average Bonchev–Trinajstić information content (AvgIpc) is 2.37. The summed E-state index contributed by atoms with van der Waals surface area (Å²) in [6.45, 7) is 10.3. The summed E-state index contributed by atoms with van der Waals surface area (Å²) in [5.74, 6) is 1.49. The Morgan fingerprint density at radius 3 is 2.42 bits per heavy atom. The van der Waals surface area contributed by atoms with Crippen LogP contribution in [0.4, 0.5) is 0 Å². The summed E-state index contributed by atoms with van der Waals surface area (Å²) in [6.07, 6.45) is 0.958. The van der Waals surface area contributed by atoms with Crippen molar-refractivity contribution in [3.05, 3.63) is 22.7 Å². The Hall–Kier alpha value is -0.930. The quantitative estimate of drug-likeness (QED) is 0.782. The summed E-state index contributed by atoms with van der Waals surface area (Å²) in [7, 11) is 0. The molecule has 1 N–H and O–H groups in total. The number of halogens is 1. The van der Waals surface area contributed by atoms with Gasteiger partial charge < -0.3 is 14.8 Å². The molecule has 3 nitrogen and oxygen atoms in total. The number of benzene rings is 1. The minimum Gasteiger partial charge on any atom is -0.490 e.